The molecule has 0 aromatic rings. The first-order chi connectivity index (χ1) is 28.1. The molecule has 0 aliphatic carbocycles. The van der Waals surface area contributed by atoms with Gasteiger partial charge < -0.3 is 28.5 Å². The van der Waals surface area contributed by atoms with Gasteiger partial charge in [0.05, 0.1) is 34.4 Å². The zero-order valence-corrected chi connectivity index (χ0v) is 38.2. The van der Waals surface area contributed by atoms with Crippen molar-refractivity contribution < 1.29 is 42.9 Å². The van der Waals surface area contributed by atoms with Gasteiger partial charge in [-0.1, -0.05) is 153 Å². The van der Waals surface area contributed by atoms with E-state index in [1.807, 2.05) is 21.1 Å². The molecule has 0 fully saturated rings. The van der Waals surface area contributed by atoms with E-state index >= 15 is 0 Å². The number of carbonyl (C=O) groups is 3. The van der Waals surface area contributed by atoms with Crippen molar-refractivity contribution in [2.45, 2.75) is 212 Å². The Morgan fingerprint density at radius 3 is 1.40 bits per heavy atom. The van der Waals surface area contributed by atoms with Crippen LogP contribution in [-0.2, 0) is 33.3 Å². The molecule has 0 radical (unpaired) electrons. The van der Waals surface area contributed by atoms with E-state index < -0.39 is 24.3 Å². The molecule has 9 nitrogen and oxygen atoms in total. The fraction of sp³-hybridized carbons (Fsp3) is 0.816. The summed E-state index contributed by atoms with van der Waals surface area (Å²) in [5.41, 5.74) is 0. The lowest BCUT2D eigenvalue weighted by Crippen LogP contribution is -2.40. The minimum Gasteiger partial charge on any atom is -0.477 e. The highest BCUT2D eigenvalue weighted by Crippen LogP contribution is 2.14. The quantitative estimate of drug-likeness (QED) is 0.0213. The molecule has 338 valence electrons. The largest absolute Gasteiger partial charge is 0.477 e. The molecule has 2 unspecified atom stereocenters. The second-order valence-corrected chi connectivity index (χ2v) is 17.1. The van der Waals surface area contributed by atoms with E-state index in [9.17, 15) is 19.5 Å². The molecule has 0 spiro atoms. The Morgan fingerprint density at radius 1 is 0.517 bits per heavy atom. The number of quaternary nitrogens is 1. The number of allylic oxidation sites excluding steroid dienone is 6. The highest BCUT2D eigenvalue weighted by atomic mass is 16.7. The number of aliphatic carboxylic acids is 1. The summed E-state index contributed by atoms with van der Waals surface area (Å²) in [6.45, 7) is 4.83. The Bertz CT molecular complexity index is 1050. The smallest absolute Gasteiger partial charge is 0.361 e. The Hall–Kier alpha value is -2.49. The van der Waals surface area contributed by atoms with Crippen LogP contribution in [0.1, 0.15) is 200 Å². The Labute approximate surface area is 356 Å². The van der Waals surface area contributed by atoms with Crippen molar-refractivity contribution in [2.75, 3.05) is 47.5 Å². The van der Waals surface area contributed by atoms with E-state index in [0.717, 1.165) is 70.6 Å². The zero-order chi connectivity index (χ0) is 42.8. The summed E-state index contributed by atoms with van der Waals surface area (Å²) < 4.78 is 22.7. The van der Waals surface area contributed by atoms with Crippen molar-refractivity contribution in [3.8, 4) is 0 Å². The van der Waals surface area contributed by atoms with Gasteiger partial charge in [-0.3, -0.25) is 9.59 Å². The number of ether oxygens (including phenoxy) is 4. The Balaban J connectivity index is 4.43. The maximum Gasteiger partial charge on any atom is 0.361 e. The number of rotatable bonds is 43. The molecule has 0 rings (SSSR count). The van der Waals surface area contributed by atoms with Crippen molar-refractivity contribution in [2.24, 2.45) is 0 Å². The molecule has 0 amide bonds. The van der Waals surface area contributed by atoms with Crippen LogP contribution in [0.4, 0.5) is 0 Å². The summed E-state index contributed by atoms with van der Waals surface area (Å²) >= 11 is 0. The van der Waals surface area contributed by atoms with Crippen LogP contribution in [0.15, 0.2) is 36.5 Å². The van der Waals surface area contributed by atoms with Gasteiger partial charge in [0.25, 0.3) is 6.29 Å². The Kier molecular flexibility index (Phi) is 39.5. The summed E-state index contributed by atoms with van der Waals surface area (Å²) in [6.07, 6.45) is 43.4. The van der Waals surface area contributed by atoms with Crippen LogP contribution >= 0.6 is 0 Å². The van der Waals surface area contributed by atoms with Crippen LogP contribution < -0.4 is 0 Å². The standard InChI is InChI=1S/C49H89NO8/c1-6-8-10-12-14-16-18-20-22-23-24-26-28-30-32-34-36-38-40-47(52)58-45(44-57-49(48(53)54)55-42-41-50(3,4)5)43-56-46(51)39-37-35-33-31-29-27-25-21-19-17-15-13-11-9-7-2/h16,18,21-23,25,45,49H,6-15,17,19-20,24,26-44H2,1-5H3/p+1/b18-16-,23-22-,25-21-. The topological polar surface area (TPSA) is 108 Å². The van der Waals surface area contributed by atoms with E-state index in [-0.39, 0.29) is 32.2 Å². The third kappa shape index (κ3) is 41.7. The third-order valence-electron chi connectivity index (χ3n) is 10.1. The molecule has 58 heavy (non-hydrogen) atoms. The van der Waals surface area contributed by atoms with Gasteiger partial charge in [-0.05, 0) is 70.6 Å². The first-order valence-corrected chi connectivity index (χ1v) is 23.7. The molecular weight excluding hydrogens is 731 g/mol. The average Bonchev–Trinajstić information content (AvgIpc) is 3.18. The van der Waals surface area contributed by atoms with Crippen LogP contribution in [0.2, 0.25) is 0 Å². The molecular formula is C49H90NO8+. The Morgan fingerprint density at radius 2 is 0.931 bits per heavy atom. The summed E-state index contributed by atoms with van der Waals surface area (Å²) in [6, 6.07) is 0. The van der Waals surface area contributed by atoms with Gasteiger partial charge in [-0.2, -0.15) is 0 Å². The van der Waals surface area contributed by atoms with Crippen molar-refractivity contribution in [3.05, 3.63) is 36.5 Å². The average molecular weight is 821 g/mol. The van der Waals surface area contributed by atoms with Crippen LogP contribution in [-0.4, -0.2) is 87.4 Å². The molecule has 9 heteroatoms. The molecule has 0 aromatic carbocycles. The number of carboxylic acids is 1. The van der Waals surface area contributed by atoms with Crippen molar-refractivity contribution in [3.63, 3.8) is 0 Å². The number of likely N-dealkylation sites (N-methyl/N-ethyl adjacent to an activating group) is 1. The second kappa shape index (κ2) is 41.3. The lowest BCUT2D eigenvalue weighted by Gasteiger charge is -2.25. The van der Waals surface area contributed by atoms with E-state index in [2.05, 4.69) is 50.3 Å². The zero-order valence-electron chi connectivity index (χ0n) is 38.2. The van der Waals surface area contributed by atoms with Gasteiger partial charge in [0.1, 0.15) is 13.2 Å². The normalized spacial score (nSPS) is 13.2. The van der Waals surface area contributed by atoms with Crippen molar-refractivity contribution in [1.82, 2.24) is 0 Å². The van der Waals surface area contributed by atoms with Gasteiger partial charge in [0.2, 0.25) is 0 Å². The lowest BCUT2D eigenvalue weighted by molar-refractivity contribution is -0.870. The molecule has 0 aromatic heterocycles. The van der Waals surface area contributed by atoms with E-state index in [0.29, 0.717) is 23.9 Å². The first-order valence-electron chi connectivity index (χ1n) is 23.7. The number of unbranched alkanes of at least 4 members (excludes halogenated alkanes) is 22. The number of hydrogen-bond acceptors (Lipinski definition) is 7. The van der Waals surface area contributed by atoms with E-state index in [1.165, 1.54) is 96.3 Å². The van der Waals surface area contributed by atoms with Crippen LogP contribution in [0, 0.1) is 0 Å². The van der Waals surface area contributed by atoms with E-state index in [4.69, 9.17) is 18.9 Å². The molecule has 0 bridgehead atoms. The number of hydrogen-bond donors (Lipinski definition) is 1. The number of carboxylic acid groups (broad SMARTS) is 1. The molecule has 1 N–H and O–H groups in total. The fourth-order valence-corrected chi connectivity index (χ4v) is 6.39. The summed E-state index contributed by atoms with van der Waals surface area (Å²) in [5, 5.41) is 9.64. The molecule has 0 aliphatic heterocycles. The van der Waals surface area contributed by atoms with Gasteiger partial charge >= 0.3 is 17.9 Å². The van der Waals surface area contributed by atoms with Gasteiger partial charge in [0.15, 0.2) is 6.10 Å². The fourth-order valence-electron chi connectivity index (χ4n) is 6.39. The van der Waals surface area contributed by atoms with Crippen molar-refractivity contribution in [1.29, 1.82) is 0 Å². The maximum absolute atomic E-state index is 12.8. The number of nitrogens with zero attached hydrogens (tertiary/aromatic N) is 1. The SMILES string of the molecule is CCCCCC/C=C\C/C=C\CCCCCCCCCC(=O)OC(COC(=O)CCCCCCC/C=C\CCCCCCCC)COC(OCC[N+](C)(C)C)C(=O)O. The minimum absolute atomic E-state index is 0.185. The monoisotopic (exact) mass is 821 g/mol. The van der Waals surface area contributed by atoms with Crippen molar-refractivity contribution >= 4 is 17.9 Å². The maximum atomic E-state index is 12.8. The third-order valence-corrected chi connectivity index (χ3v) is 10.1. The van der Waals surface area contributed by atoms with Gasteiger partial charge in [-0.15, -0.1) is 0 Å². The van der Waals surface area contributed by atoms with Crippen LogP contribution in [0.5, 0.6) is 0 Å². The summed E-state index contributed by atoms with van der Waals surface area (Å²) in [4.78, 5) is 37.2. The molecule has 0 saturated heterocycles. The van der Waals surface area contributed by atoms with Gasteiger partial charge in [-0.25, -0.2) is 4.79 Å². The predicted molar refractivity (Wildman–Crippen MR) is 240 cm³/mol. The molecule has 0 saturated carbocycles. The van der Waals surface area contributed by atoms with Gasteiger partial charge in [0, 0.05) is 12.8 Å². The minimum atomic E-state index is -1.51. The molecule has 0 aliphatic rings. The second-order valence-electron chi connectivity index (χ2n) is 17.1. The van der Waals surface area contributed by atoms with Crippen LogP contribution in [0.3, 0.4) is 0 Å². The lowest BCUT2D eigenvalue weighted by atomic mass is 10.1. The number of carbonyl (C=O) groups excluding carboxylic acids is 2. The highest BCUT2D eigenvalue weighted by Gasteiger charge is 2.25. The summed E-state index contributed by atoms with van der Waals surface area (Å²) in [7, 11) is 5.95. The molecule has 2 atom stereocenters. The molecule has 0 heterocycles. The van der Waals surface area contributed by atoms with E-state index in [1.54, 1.807) is 0 Å². The predicted octanol–water partition coefficient (Wildman–Crippen LogP) is 12.6. The highest BCUT2D eigenvalue weighted by molar-refractivity contribution is 5.71. The number of esters is 2. The first kappa shape index (κ1) is 55.5. The van der Waals surface area contributed by atoms with Crippen LogP contribution in [0.25, 0.3) is 0 Å². The summed E-state index contributed by atoms with van der Waals surface area (Å²) in [5.74, 6) is -2.03.